The van der Waals surface area contributed by atoms with E-state index >= 15 is 0 Å². The third kappa shape index (κ3) is 3.96. The average molecular weight is 222 g/mol. The van der Waals surface area contributed by atoms with Gasteiger partial charge >= 0.3 is 0 Å². The summed E-state index contributed by atoms with van der Waals surface area (Å²) in [7, 11) is 0. The molecule has 0 spiro atoms. The van der Waals surface area contributed by atoms with Crippen molar-refractivity contribution in [1.29, 1.82) is 0 Å². The number of nitrogens with one attached hydrogen (secondary N) is 3. The first-order valence-corrected chi connectivity index (χ1v) is 6.21. The van der Waals surface area contributed by atoms with Crippen LogP contribution < -0.4 is 10.6 Å². The molecule has 0 bridgehead atoms. The fourth-order valence-electron chi connectivity index (χ4n) is 2.06. The average Bonchev–Trinajstić information content (AvgIpc) is 2.83. The Morgan fingerprint density at radius 3 is 2.94 bits per heavy atom. The highest BCUT2D eigenvalue weighted by Gasteiger charge is 2.07. The second-order valence-electron chi connectivity index (χ2n) is 4.32. The Kier molecular flexibility index (Phi) is 4.86. The van der Waals surface area contributed by atoms with Gasteiger partial charge in [0.05, 0.1) is 0 Å². The van der Waals surface area contributed by atoms with Crippen LogP contribution in [0, 0.1) is 0 Å². The van der Waals surface area contributed by atoms with Gasteiger partial charge in [0.2, 0.25) is 0 Å². The van der Waals surface area contributed by atoms with Crippen molar-refractivity contribution in [3.63, 3.8) is 0 Å². The van der Waals surface area contributed by atoms with Crippen molar-refractivity contribution in [2.75, 3.05) is 39.3 Å². The quantitative estimate of drug-likeness (QED) is 0.610. The van der Waals surface area contributed by atoms with Gasteiger partial charge in [-0.3, -0.25) is 0 Å². The van der Waals surface area contributed by atoms with E-state index < -0.39 is 0 Å². The number of nitrogens with zero attached hydrogens (tertiary/aromatic N) is 1. The molecule has 1 fully saturated rings. The minimum atomic E-state index is 0.953. The monoisotopic (exact) mass is 222 g/mol. The molecule has 4 nitrogen and oxygen atoms in total. The summed E-state index contributed by atoms with van der Waals surface area (Å²) in [6.45, 7) is 7.98. The maximum Gasteiger partial charge on any atom is 0.0357 e. The van der Waals surface area contributed by atoms with Crippen molar-refractivity contribution < 1.29 is 0 Å². The van der Waals surface area contributed by atoms with Crippen LogP contribution in [0.4, 0.5) is 0 Å². The normalized spacial score (nSPS) is 17.8. The smallest absolute Gasteiger partial charge is 0.0357 e. The molecule has 0 aromatic carbocycles. The molecule has 1 aromatic rings. The lowest BCUT2D eigenvalue weighted by molar-refractivity contribution is 0.237. The van der Waals surface area contributed by atoms with Crippen molar-refractivity contribution in [2.45, 2.75) is 13.0 Å². The lowest BCUT2D eigenvalue weighted by Crippen LogP contribution is -2.44. The summed E-state index contributed by atoms with van der Waals surface area (Å²) < 4.78 is 0. The molecular weight excluding hydrogens is 200 g/mol. The number of hydrogen-bond acceptors (Lipinski definition) is 3. The van der Waals surface area contributed by atoms with E-state index in [9.17, 15) is 0 Å². The van der Waals surface area contributed by atoms with Gasteiger partial charge in [-0.05, 0) is 31.6 Å². The summed E-state index contributed by atoms with van der Waals surface area (Å²) in [5.74, 6) is 0. The molecule has 0 aliphatic carbocycles. The Balaban J connectivity index is 1.48. The van der Waals surface area contributed by atoms with E-state index in [-0.39, 0.29) is 0 Å². The summed E-state index contributed by atoms with van der Waals surface area (Å²) in [6.07, 6.45) is 3.21. The molecule has 0 amide bonds. The molecule has 3 N–H and O–H groups in total. The van der Waals surface area contributed by atoms with Crippen molar-refractivity contribution in [2.24, 2.45) is 0 Å². The fraction of sp³-hybridized carbons (Fsp3) is 0.667. The zero-order valence-corrected chi connectivity index (χ0v) is 9.84. The number of piperazine rings is 1. The standard InChI is InChI=1S/C12H22N4/c1-3-12(15-5-1)11-14-4-2-8-16-9-6-13-7-10-16/h1,3,5,13-15H,2,4,6-11H2. The van der Waals surface area contributed by atoms with E-state index in [0.717, 1.165) is 26.2 Å². The molecule has 1 saturated heterocycles. The van der Waals surface area contributed by atoms with E-state index in [1.165, 1.54) is 31.7 Å². The number of rotatable bonds is 6. The van der Waals surface area contributed by atoms with Crippen molar-refractivity contribution in [3.8, 4) is 0 Å². The number of aromatic nitrogens is 1. The molecule has 1 aliphatic rings. The molecule has 1 aromatic heterocycles. The predicted octanol–water partition coefficient (Wildman–Crippen LogP) is 0.400. The Morgan fingerprint density at radius 2 is 2.19 bits per heavy atom. The van der Waals surface area contributed by atoms with Crippen LogP contribution in [-0.4, -0.2) is 49.2 Å². The van der Waals surface area contributed by atoms with Gasteiger partial charge in [0.15, 0.2) is 0 Å². The largest absolute Gasteiger partial charge is 0.364 e. The van der Waals surface area contributed by atoms with Crippen molar-refractivity contribution in [3.05, 3.63) is 24.0 Å². The van der Waals surface area contributed by atoms with Crippen LogP contribution >= 0.6 is 0 Å². The lowest BCUT2D eigenvalue weighted by Gasteiger charge is -2.27. The highest BCUT2D eigenvalue weighted by Crippen LogP contribution is 1.95. The van der Waals surface area contributed by atoms with Gasteiger partial charge in [-0.25, -0.2) is 0 Å². The second-order valence-corrected chi connectivity index (χ2v) is 4.32. The van der Waals surface area contributed by atoms with Crippen LogP contribution in [0.1, 0.15) is 12.1 Å². The van der Waals surface area contributed by atoms with Crippen LogP contribution in [0.2, 0.25) is 0 Å². The maximum absolute atomic E-state index is 3.45. The van der Waals surface area contributed by atoms with E-state index in [4.69, 9.17) is 0 Å². The summed E-state index contributed by atoms with van der Waals surface area (Å²) in [6, 6.07) is 4.15. The summed E-state index contributed by atoms with van der Waals surface area (Å²) in [4.78, 5) is 5.73. The van der Waals surface area contributed by atoms with Crippen molar-refractivity contribution in [1.82, 2.24) is 20.5 Å². The third-order valence-electron chi connectivity index (χ3n) is 3.02. The Hall–Kier alpha value is -0.840. The van der Waals surface area contributed by atoms with Gasteiger partial charge in [0, 0.05) is 44.6 Å². The highest BCUT2D eigenvalue weighted by atomic mass is 15.2. The minimum Gasteiger partial charge on any atom is -0.364 e. The van der Waals surface area contributed by atoms with Crippen LogP contribution in [0.3, 0.4) is 0 Å². The lowest BCUT2D eigenvalue weighted by atomic mass is 10.3. The topological polar surface area (TPSA) is 43.1 Å². The van der Waals surface area contributed by atoms with Crippen LogP contribution in [-0.2, 0) is 6.54 Å². The molecule has 0 saturated carbocycles. The van der Waals surface area contributed by atoms with E-state index in [1.807, 2.05) is 12.3 Å². The Morgan fingerprint density at radius 1 is 1.31 bits per heavy atom. The SMILES string of the molecule is c1c[nH]c(CNCCCN2CCNCC2)c1. The number of H-pyrrole nitrogens is 1. The summed E-state index contributed by atoms with van der Waals surface area (Å²) in [5.41, 5.74) is 1.27. The zero-order chi connectivity index (χ0) is 11.1. The summed E-state index contributed by atoms with van der Waals surface area (Å²) >= 11 is 0. The Bertz CT molecular complexity index is 265. The van der Waals surface area contributed by atoms with Crippen LogP contribution in [0.5, 0.6) is 0 Å². The molecule has 4 heteroatoms. The van der Waals surface area contributed by atoms with Gasteiger partial charge < -0.3 is 20.5 Å². The molecule has 1 aliphatic heterocycles. The molecule has 0 unspecified atom stereocenters. The second kappa shape index (κ2) is 6.68. The predicted molar refractivity (Wildman–Crippen MR) is 66.4 cm³/mol. The number of aromatic amines is 1. The molecule has 2 heterocycles. The van der Waals surface area contributed by atoms with E-state index in [1.54, 1.807) is 0 Å². The fourth-order valence-corrected chi connectivity index (χ4v) is 2.06. The molecular formula is C12H22N4. The molecule has 2 rings (SSSR count). The van der Waals surface area contributed by atoms with Crippen LogP contribution in [0.15, 0.2) is 18.3 Å². The molecule has 90 valence electrons. The highest BCUT2D eigenvalue weighted by molar-refractivity contribution is 5.02. The van der Waals surface area contributed by atoms with Gasteiger partial charge in [-0.15, -0.1) is 0 Å². The first-order valence-electron chi connectivity index (χ1n) is 6.21. The van der Waals surface area contributed by atoms with Gasteiger partial charge in [0.1, 0.15) is 0 Å². The Labute approximate surface area is 97.4 Å². The molecule has 16 heavy (non-hydrogen) atoms. The van der Waals surface area contributed by atoms with Crippen LogP contribution in [0.25, 0.3) is 0 Å². The number of hydrogen-bond donors (Lipinski definition) is 3. The first kappa shape index (κ1) is 11.6. The third-order valence-corrected chi connectivity index (χ3v) is 3.02. The minimum absolute atomic E-state index is 0.953. The zero-order valence-electron chi connectivity index (χ0n) is 9.84. The van der Waals surface area contributed by atoms with E-state index in [0.29, 0.717) is 0 Å². The molecule has 0 atom stereocenters. The van der Waals surface area contributed by atoms with Crippen molar-refractivity contribution >= 4 is 0 Å². The van der Waals surface area contributed by atoms with E-state index in [2.05, 4.69) is 26.6 Å². The first-order chi connectivity index (χ1) is 7.95. The van der Waals surface area contributed by atoms with Gasteiger partial charge in [-0.2, -0.15) is 0 Å². The molecule has 0 radical (unpaired) electrons. The van der Waals surface area contributed by atoms with Gasteiger partial charge in [0.25, 0.3) is 0 Å². The van der Waals surface area contributed by atoms with Gasteiger partial charge in [-0.1, -0.05) is 0 Å². The maximum atomic E-state index is 3.45. The summed E-state index contributed by atoms with van der Waals surface area (Å²) in [5, 5.41) is 6.83.